The molecule has 0 bridgehead atoms. The van der Waals surface area contributed by atoms with E-state index in [4.69, 9.17) is 11.6 Å². The first-order valence-electron chi connectivity index (χ1n) is 5.13. The van der Waals surface area contributed by atoms with Crippen molar-refractivity contribution < 1.29 is 5.11 Å². The van der Waals surface area contributed by atoms with E-state index in [1.165, 1.54) is 0 Å². The Morgan fingerprint density at radius 3 is 2.53 bits per heavy atom. The molecule has 15 heavy (non-hydrogen) atoms. The maximum absolute atomic E-state index is 9.91. The van der Waals surface area contributed by atoms with Crippen LogP contribution in [0, 0.1) is 5.92 Å². The molecule has 0 fully saturated rings. The molecule has 0 aliphatic rings. The minimum Gasteiger partial charge on any atom is -0.388 e. The van der Waals surface area contributed by atoms with E-state index in [0.29, 0.717) is 10.9 Å². The highest BCUT2D eigenvalue weighted by Gasteiger charge is 2.09. The van der Waals surface area contributed by atoms with Gasteiger partial charge in [-0.15, -0.1) is 0 Å². The molecule has 0 aromatic heterocycles. The Morgan fingerprint density at radius 2 is 2.00 bits per heavy atom. The lowest BCUT2D eigenvalue weighted by Crippen LogP contribution is -1.99. The van der Waals surface area contributed by atoms with Gasteiger partial charge in [0.15, 0.2) is 0 Å². The summed E-state index contributed by atoms with van der Waals surface area (Å²) in [6.07, 6.45) is 1.41. The Balaban J connectivity index is 2.65. The van der Waals surface area contributed by atoms with Crippen molar-refractivity contribution in [1.29, 1.82) is 0 Å². The molecule has 0 heterocycles. The van der Waals surface area contributed by atoms with E-state index in [0.717, 1.165) is 22.9 Å². The van der Waals surface area contributed by atoms with Crippen molar-refractivity contribution in [3.05, 3.63) is 33.3 Å². The molecular formula is C12H16BrClO. The zero-order chi connectivity index (χ0) is 11.4. The predicted octanol–water partition coefficient (Wildman–Crippen LogP) is 4.57. The van der Waals surface area contributed by atoms with E-state index in [-0.39, 0.29) is 0 Å². The van der Waals surface area contributed by atoms with Crippen LogP contribution in [0.15, 0.2) is 22.7 Å². The standard InChI is InChI=1S/C12H16BrClO/c1-8(2)3-6-12(15)9-4-5-10(13)11(14)7-9/h4-5,7-8,12,15H,3,6H2,1-2H3. The number of aliphatic hydroxyl groups excluding tert-OH is 1. The number of rotatable bonds is 4. The fourth-order valence-electron chi connectivity index (χ4n) is 1.38. The van der Waals surface area contributed by atoms with E-state index in [1.54, 1.807) is 0 Å². The molecule has 0 amide bonds. The van der Waals surface area contributed by atoms with Crippen LogP contribution in [0.3, 0.4) is 0 Å². The molecule has 0 saturated heterocycles. The first-order chi connectivity index (χ1) is 7.00. The first-order valence-corrected chi connectivity index (χ1v) is 6.31. The molecule has 1 aromatic carbocycles. The Morgan fingerprint density at radius 1 is 1.33 bits per heavy atom. The average molecular weight is 292 g/mol. The third-order valence-electron chi connectivity index (χ3n) is 2.35. The number of halogens is 2. The van der Waals surface area contributed by atoms with Gasteiger partial charge in [-0.2, -0.15) is 0 Å². The van der Waals surface area contributed by atoms with Crippen LogP contribution in [0.4, 0.5) is 0 Å². The number of hydrogen-bond donors (Lipinski definition) is 1. The van der Waals surface area contributed by atoms with Gasteiger partial charge in [-0.05, 0) is 52.4 Å². The molecule has 1 atom stereocenters. The molecule has 0 aliphatic carbocycles. The molecule has 1 nitrogen and oxygen atoms in total. The third-order valence-corrected chi connectivity index (χ3v) is 3.58. The fourth-order valence-corrected chi connectivity index (χ4v) is 1.81. The van der Waals surface area contributed by atoms with Crippen LogP contribution in [-0.4, -0.2) is 5.11 Å². The summed E-state index contributed by atoms with van der Waals surface area (Å²) < 4.78 is 0.865. The van der Waals surface area contributed by atoms with Crippen molar-refractivity contribution in [2.24, 2.45) is 5.92 Å². The average Bonchev–Trinajstić information content (AvgIpc) is 2.18. The topological polar surface area (TPSA) is 20.2 Å². The molecule has 1 rings (SSSR count). The summed E-state index contributed by atoms with van der Waals surface area (Å²) in [6, 6.07) is 5.59. The molecule has 0 aliphatic heterocycles. The lowest BCUT2D eigenvalue weighted by atomic mass is 10.00. The maximum Gasteiger partial charge on any atom is 0.0790 e. The highest BCUT2D eigenvalue weighted by Crippen LogP contribution is 2.28. The molecule has 1 unspecified atom stereocenters. The summed E-state index contributed by atoms with van der Waals surface area (Å²) in [5, 5.41) is 10.6. The van der Waals surface area contributed by atoms with E-state index in [2.05, 4.69) is 29.8 Å². The summed E-state index contributed by atoms with van der Waals surface area (Å²) in [4.78, 5) is 0. The van der Waals surface area contributed by atoms with Crippen LogP contribution in [0.2, 0.25) is 5.02 Å². The lowest BCUT2D eigenvalue weighted by Gasteiger charge is -2.13. The SMILES string of the molecule is CC(C)CCC(O)c1ccc(Br)c(Cl)c1. The van der Waals surface area contributed by atoms with Gasteiger partial charge in [0.25, 0.3) is 0 Å². The molecule has 0 spiro atoms. The van der Waals surface area contributed by atoms with Crippen molar-refractivity contribution >= 4 is 27.5 Å². The van der Waals surface area contributed by atoms with Crippen molar-refractivity contribution in [1.82, 2.24) is 0 Å². The second-order valence-corrected chi connectivity index (χ2v) is 5.42. The largest absolute Gasteiger partial charge is 0.388 e. The number of aliphatic hydroxyl groups is 1. The maximum atomic E-state index is 9.91. The van der Waals surface area contributed by atoms with Crippen LogP contribution in [0.1, 0.15) is 38.4 Å². The highest BCUT2D eigenvalue weighted by atomic mass is 79.9. The van der Waals surface area contributed by atoms with Gasteiger partial charge in [-0.25, -0.2) is 0 Å². The molecule has 1 N–H and O–H groups in total. The van der Waals surface area contributed by atoms with Gasteiger partial charge in [0.05, 0.1) is 11.1 Å². The molecule has 0 saturated carbocycles. The fraction of sp³-hybridized carbons (Fsp3) is 0.500. The van der Waals surface area contributed by atoms with E-state index in [9.17, 15) is 5.11 Å². The minimum absolute atomic E-state index is 0.405. The Kier molecular flexibility index (Phi) is 5.10. The molecule has 3 heteroatoms. The molecule has 84 valence electrons. The van der Waals surface area contributed by atoms with Gasteiger partial charge < -0.3 is 5.11 Å². The van der Waals surface area contributed by atoms with Crippen LogP contribution < -0.4 is 0 Å². The summed E-state index contributed by atoms with van der Waals surface area (Å²) >= 11 is 9.29. The van der Waals surface area contributed by atoms with Gasteiger partial charge in [0, 0.05) is 4.47 Å². The normalized spacial score (nSPS) is 13.2. The Hall–Kier alpha value is -0.0500. The van der Waals surface area contributed by atoms with Crippen LogP contribution >= 0.6 is 27.5 Å². The van der Waals surface area contributed by atoms with Gasteiger partial charge in [0.1, 0.15) is 0 Å². The number of hydrogen-bond acceptors (Lipinski definition) is 1. The van der Waals surface area contributed by atoms with E-state index in [1.807, 2.05) is 18.2 Å². The summed E-state index contributed by atoms with van der Waals surface area (Å²) in [6.45, 7) is 4.31. The minimum atomic E-state index is -0.405. The van der Waals surface area contributed by atoms with Gasteiger partial charge in [-0.3, -0.25) is 0 Å². The summed E-state index contributed by atoms with van der Waals surface area (Å²) in [7, 11) is 0. The van der Waals surface area contributed by atoms with E-state index < -0.39 is 6.10 Å². The summed E-state index contributed by atoms with van der Waals surface area (Å²) in [5.74, 6) is 0.616. The van der Waals surface area contributed by atoms with Gasteiger partial charge in [-0.1, -0.05) is 31.5 Å². The third kappa shape index (κ3) is 4.13. The van der Waals surface area contributed by atoms with Crippen LogP contribution in [0.25, 0.3) is 0 Å². The van der Waals surface area contributed by atoms with Crippen molar-refractivity contribution in [3.8, 4) is 0 Å². The van der Waals surface area contributed by atoms with Crippen molar-refractivity contribution in [3.63, 3.8) is 0 Å². The molecular weight excluding hydrogens is 275 g/mol. The second kappa shape index (κ2) is 5.88. The Bertz CT molecular complexity index is 325. The smallest absolute Gasteiger partial charge is 0.0790 e. The zero-order valence-electron chi connectivity index (χ0n) is 9.00. The molecule has 0 radical (unpaired) electrons. The Labute approximate surface area is 105 Å². The van der Waals surface area contributed by atoms with Crippen molar-refractivity contribution in [2.75, 3.05) is 0 Å². The predicted molar refractivity (Wildman–Crippen MR) is 68.2 cm³/mol. The molecule has 1 aromatic rings. The highest BCUT2D eigenvalue weighted by molar-refractivity contribution is 9.10. The zero-order valence-corrected chi connectivity index (χ0v) is 11.3. The summed E-state index contributed by atoms with van der Waals surface area (Å²) in [5.41, 5.74) is 0.892. The van der Waals surface area contributed by atoms with Crippen molar-refractivity contribution in [2.45, 2.75) is 32.8 Å². The van der Waals surface area contributed by atoms with Gasteiger partial charge >= 0.3 is 0 Å². The van der Waals surface area contributed by atoms with Crippen LogP contribution in [0.5, 0.6) is 0 Å². The van der Waals surface area contributed by atoms with E-state index >= 15 is 0 Å². The van der Waals surface area contributed by atoms with Crippen LogP contribution in [-0.2, 0) is 0 Å². The quantitative estimate of drug-likeness (QED) is 0.861. The van der Waals surface area contributed by atoms with Gasteiger partial charge in [0.2, 0.25) is 0 Å². The first kappa shape index (κ1) is 13.0. The lowest BCUT2D eigenvalue weighted by molar-refractivity contribution is 0.159. The monoisotopic (exact) mass is 290 g/mol. The second-order valence-electron chi connectivity index (χ2n) is 4.16. The number of benzene rings is 1.